The monoisotopic (exact) mass is 247 g/mol. The van der Waals surface area contributed by atoms with Crippen LogP contribution in [0.2, 0.25) is 0 Å². The third kappa shape index (κ3) is 2.17. The number of carbonyl (C=O) groups is 1. The lowest BCUT2D eigenvalue weighted by atomic mass is 10.1. The fourth-order valence-electron chi connectivity index (χ4n) is 1.92. The lowest BCUT2D eigenvalue weighted by molar-refractivity contribution is -0.109. The molecule has 0 aliphatic carbocycles. The Hall–Kier alpha value is -2.37. The molecular weight excluding hydrogens is 234 g/mol. The number of aromatic nitrogens is 1. The molecule has 1 amide bonds. The van der Waals surface area contributed by atoms with Crippen molar-refractivity contribution in [3.8, 4) is 5.75 Å². The number of fused-ring (bicyclic) bond motifs is 1. The lowest BCUT2D eigenvalue weighted by Crippen LogP contribution is -2.14. The number of nitrogens with zero attached hydrogens (tertiary/aromatic N) is 2. The molecule has 0 saturated heterocycles. The number of hydrogen-bond acceptors (Lipinski definition) is 4. The maximum absolute atomic E-state index is 10.7. The average molecular weight is 247 g/mol. The Kier molecular flexibility index (Phi) is 3.57. The van der Waals surface area contributed by atoms with Crippen LogP contribution < -0.4 is 10.1 Å². The van der Waals surface area contributed by atoms with Crippen LogP contribution in [-0.2, 0) is 11.2 Å². The summed E-state index contributed by atoms with van der Waals surface area (Å²) in [7, 11) is 1.59. The van der Waals surface area contributed by atoms with Crippen LogP contribution in [0.15, 0.2) is 29.7 Å². The maximum Gasteiger partial charge on any atom is 0.207 e. The molecular formula is C12H13N3O3. The second-order valence-corrected chi connectivity index (χ2v) is 3.79. The van der Waals surface area contributed by atoms with Gasteiger partial charge in [-0.25, -0.2) is 4.68 Å². The van der Waals surface area contributed by atoms with E-state index >= 15 is 0 Å². The fraction of sp³-hybridized carbons (Fsp3) is 0.250. The van der Waals surface area contributed by atoms with Crippen molar-refractivity contribution in [2.75, 3.05) is 13.7 Å². The molecule has 0 radical (unpaired) electrons. The number of nitroso groups, excluding NO2 is 1. The summed E-state index contributed by atoms with van der Waals surface area (Å²) < 4.78 is 6.44. The topological polar surface area (TPSA) is 72.7 Å². The van der Waals surface area contributed by atoms with E-state index in [1.54, 1.807) is 25.4 Å². The van der Waals surface area contributed by atoms with Crippen molar-refractivity contribution >= 4 is 17.3 Å². The number of rotatable bonds is 6. The van der Waals surface area contributed by atoms with E-state index in [-0.39, 0.29) is 0 Å². The minimum absolute atomic E-state index is 0.513. The van der Waals surface area contributed by atoms with Crippen molar-refractivity contribution in [3.05, 3.63) is 34.9 Å². The van der Waals surface area contributed by atoms with Gasteiger partial charge in [-0.05, 0) is 30.2 Å². The normalized spacial score (nSPS) is 10.3. The molecule has 0 aliphatic heterocycles. The zero-order valence-corrected chi connectivity index (χ0v) is 9.92. The molecule has 2 aromatic rings. The van der Waals surface area contributed by atoms with Gasteiger partial charge in [0, 0.05) is 18.1 Å². The van der Waals surface area contributed by atoms with Gasteiger partial charge >= 0.3 is 0 Å². The first-order chi connectivity index (χ1) is 8.80. The van der Waals surface area contributed by atoms with Crippen LogP contribution in [-0.4, -0.2) is 24.7 Å². The first-order valence-corrected chi connectivity index (χ1v) is 5.48. The van der Waals surface area contributed by atoms with Gasteiger partial charge in [-0.1, -0.05) is 0 Å². The third-order valence-corrected chi connectivity index (χ3v) is 2.78. The molecule has 94 valence electrons. The minimum atomic E-state index is 0.513. The number of amides is 1. The van der Waals surface area contributed by atoms with Crippen LogP contribution in [0.25, 0.3) is 10.9 Å². The average Bonchev–Trinajstić information content (AvgIpc) is 2.76. The van der Waals surface area contributed by atoms with Gasteiger partial charge in [-0.15, -0.1) is 4.91 Å². The zero-order chi connectivity index (χ0) is 13.0. The molecule has 18 heavy (non-hydrogen) atoms. The van der Waals surface area contributed by atoms with E-state index in [9.17, 15) is 9.70 Å². The van der Waals surface area contributed by atoms with Gasteiger partial charge < -0.3 is 10.1 Å². The molecule has 0 unspecified atom stereocenters. The molecule has 0 spiro atoms. The molecule has 6 nitrogen and oxygen atoms in total. The highest BCUT2D eigenvalue weighted by atomic mass is 16.5. The Bertz CT molecular complexity index is 577. The van der Waals surface area contributed by atoms with Crippen LogP contribution in [0.4, 0.5) is 0 Å². The highest BCUT2D eigenvalue weighted by Crippen LogP contribution is 2.26. The first kappa shape index (κ1) is 12.1. The fourth-order valence-corrected chi connectivity index (χ4v) is 1.92. The standard InChI is InChI=1S/C12H13N3O3/c1-18-10-2-3-12-11(6-10)9(4-5-13-8-16)7-15(12)14-17/h2-3,6-8H,4-5H2,1H3,(H,13,16). The highest BCUT2D eigenvalue weighted by molar-refractivity contribution is 5.85. The van der Waals surface area contributed by atoms with E-state index < -0.39 is 0 Å². The van der Waals surface area contributed by atoms with E-state index in [0.29, 0.717) is 19.4 Å². The van der Waals surface area contributed by atoms with Gasteiger partial charge in [0.25, 0.3) is 0 Å². The second kappa shape index (κ2) is 5.31. The summed E-state index contributed by atoms with van der Waals surface area (Å²) in [5, 5.41) is 6.43. The maximum atomic E-state index is 10.7. The smallest absolute Gasteiger partial charge is 0.207 e. The summed E-state index contributed by atoms with van der Waals surface area (Å²) in [5.74, 6) is 0.718. The predicted molar refractivity (Wildman–Crippen MR) is 67.5 cm³/mol. The summed E-state index contributed by atoms with van der Waals surface area (Å²) in [6, 6.07) is 5.41. The predicted octanol–water partition coefficient (Wildman–Crippen LogP) is 1.47. The summed E-state index contributed by atoms with van der Waals surface area (Å²) in [5.41, 5.74) is 1.67. The van der Waals surface area contributed by atoms with Crippen LogP contribution in [0, 0.1) is 4.91 Å². The highest BCUT2D eigenvalue weighted by Gasteiger charge is 2.09. The Morgan fingerprint density at radius 3 is 3.00 bits per heavy atom. The minimum Gasteiger partial charge on any atom is -0.497 e. The molecule has 0 fully saturated rings. The summed E-state index contributed by atoms with van der Waals surface area (Å²) in [6.45, 7) is 0.513. The van der Waals surface area contributed by atoms with Gasteiger partial charge in [0.05, 0.1) is 17.9 Å². The van der Waals surface area contributed by atoms with E-state index in [4.69, 9.17) is 4.74 Å². The van der Waals surface area contributed by atoms with Crippen LogP contribution in [0.3, 0.4) is 0 Å². The molecule has 1 heterocycles. The van der Waals surface area contributed by atoms with E-state index in [1.165, 1.54) is 4.68 Å². The number of methoxy groups -OCH3 is 1. The van der Waals surface area contributed by atoms with E-state index in [0.717, 1.165) is 22.2 Å². The van der Waals surface area contributed by atoms with Crippen LogP contribution in [0.1, 0.15) is 5.56 Å². The molecule has 1 aromatic heterocycles. The van der Waals surface area contributed by atoms with Crippen molar-refractivity contribution in [3.63, 3.8) is 0 Å². The number of ether oxygens (including phenoxy) is 1. The Labute approximate surface area is 103 Å². The van der Waals surface area contributed by atoms with Crippen LogP contribution >= 0.6 is 0 Å². The van der Waals surface area contributed by atoms with Gasteiger partial charge in [0.1, 0.15) is 5.75 Å². The summed E-state index contributed by atoms with van der Waals surface area (Å²) >= 11 is 0. The number of hydrogen-bond donors (Lipinski definition) is 1. The molecule has 0 saturated carbocycles. The van der Waals surface area contributed by atoms with E-state index in [1.807, 2.05) is 6.07 Å². The Morgan fingerprint density at radius 2 is 2.33 bits per heavy atom. The molecule has 1 aromatic carbocycles. The quantitative estimate of drug-likeness (QED) is 0.477. The molecule has 0 bridgehead atoms. The van der Waals surface area contributed by atoms with Gasteiger partial charge in [-0.2, -0.15) is 0 Å². The number of carbonyl (C=O) groups excluding carboxylic acids is 1. The van der Waals surface area contributed by atoms with Crippen molar-refractivity contribution in [1.82, 2.24) is 9.99 Å². The van der Waals surface area contributed by atoms with E-state index in [2.05, 4.69) is 10.6 Å². The SMILES string of the molecule is COc1ccc2c(c1)c(CCNC=O)cn2N=O. The summed E-state index contributed by atoms with van der Waals surface area (Å²) in [4.78, 5) is 20.9. The second-order valence-electron chi connectivity index (χ2n) is 3.79. The Balaban J connectivity index is 2.43. The van der Waals surface area contributed by atoms with Crippen molar-refractivity contribution in [2.24, 2.45) is 5.29 Å². The van der Waals surface area contributed by atoms with Gasteiger partial charge in [-0.3, -0.25) is 4.79 Å². The molecule has 1 N–H and O–H groups in total. The van der Waals surface area contributed by atoms with Crippen molar-refractivity contribution < 1.29 is 9.53 Å². The lowest BCUT2D eigenvalue weighted by Gasteiger charge is -2.01. The van der Waals surface area contributed by atoms with Gasteiger partial charge in [0.15, 0.2) is 0 Å². The molecule has 0 atom stereocenters. The van der Waals surface area contributed by atoms with Crippen molar-refractivity contribution in [2.45, 2.75) is 6.42 Å². The zero-order valence-electron chi connectivity index (χ0n) is 9.92. The third-order valence-electron chi connectivity index (χ3n) is 2.78. The van der Waals surface area contributed by atoms with Crippen molar-refractivity contribution in [1.29, 1.82) is 0 Å². The largest absolute Gasteiger partial charge is 0.497 e. The number of benzene rings is 1. The van der Waals surface area contributed by atoms with Crippen LogP contribution in [0.5, 0.6) is 5.75 Å². The van der Waals surface area contributed by atoms with Gasteiger partial charge in [0.2, 0.25) is 6.41 Å². The molecule has 0 aliphatic rings. The Morgan fingerprint density at radius 1 is 1.50 bits per heavy atom. The molecule has 6 heteroatoms. The summed E-state index contributed by atoms with van der Waals surface area (Å²) in [6.07, 6.45) is 2.95. The first-order valence-electron chi connectivity index (χ1n) is 5.48. The molecule has 2 rings (SSSR count). The number of nitrogens with one attached hydrogen (secondary N) is 1.